The molecular formula is C17H18N2O3S2. The zero-order valence-corrected chi connectivity index (χ0v) is 15.2. The van der Waals surface area contributed by atoms with E-state index in [4.69, 9.17) is 0 Å². The van der Waals surface area contributed by atoms with Gasteiger partial charge in [0.2, 0.25) is 0 Å². The van der Waals surface area contributed by atoms with Crippen LogP contribution in [0.4, 0.5) is 0 Å². The molecule has 0 aromatic carbocycles. The van der Waals surface area contributed by atoms with Crippen LogP contribution in [0, 0.1) is 0 Å². The fraction of sp³-hybridized carbons (Fsp3) is 0.353. The van der Waals surface area contributed by atoms with Crippen molar-refractivity contribution in [1.82, 2.24) is 9.80 Å². The van der Waals surface area contributed by atoms with Gasteiger partial charge in [-0.3, -0.25) is 14.4 Å². The van der Waals surface area contributed by atoms with E-state index in [2.05, 4.69) is 0 Å². The molecule has 1 atom stereocenters. The minimum atomic E-state index is -0.450. The lowest BCUT2D eigenvalue weighted by molar-refractivity contribution is -0.127. The first-order valence-corrected chi connectivity index (χ1v) is 9.39. The molecule has 126 valence electrons. The summed E-state index contributed by atoms with van der Waals surface area (Å²) in [5, 5.41) is 1.79. The van der Waals surface area contributed by atoms with Gasteiger partial charge >= 0.3 is 0 Å². The Bertz CT molecular complexity index is 765. The summed E-state index contributed by atoms with van der Waals surface area (Å²) in [5.74, 6) is -0.941. The highest BCUT2D eigenvalue weighted by Crippen LogP contribution is 2.36. The van der Waals surface area contributed by atoms with Crippen LogP contribution in [0.1, 0.15) is 43.1 Å². The zero-order valence-electron chi connectivity index (χ0n) is 13.5. The van der Waals surface area contributed by atoms with Gasteiger partial charge in [-0.25, -0.2) is 0 Å². The van der Waals surface area contributed by atoms with Crippen LogP contribution in [0.25, 0.3) is 0 Å². The number of ketones is 1. The van der Waals surface area contributed by atoms with E-state index in [1.165, 1.54) is 27.6 Å². The maximum absolute atomic E-state index is 12.6. The number of Topliss-reactive ketones (excluding diaryl/α,β-unsaturated/α-hetero) is 1. The Morgan fingerprint density at radius 3 is 2.62 bits per heavy atom. The Morgan fingerprint density at radius 2 is 1.96 bits per heavy atom. The Morgan fingerprint density at radius 1 is 1.17 bits per heavy atom. The minimum Gasteiger partial charge on any atom is -0.344 e. The monoisotopic (exact) mass is 362 g/mol. The molecule has 1 saturated heterocycles. The van der Waals surface area contributed by atoms with Gasteiger partial charge < -0.3 is 9.80 Å². The Labute approximate surface area is 148 Å². The largest absolute Gasteiger partial charge is 0.344 e. The number of likely N-dealkylation sites (tertiary alicyclic amines) is 1. The van der Waals surface area contributed by atoms with Crippen LogP contribution >= 0.6 is 22.7 Å². The predicted molar refractivity (Wildman–Crippen MR) is 94.7 cm³/mol. The second-order valence-corrected chi connectivity index (χ2v) is 7.93. The van der Waals surface area contributed by atoms with Crippen LogP contribution in [0.2, 0.25) is 0 Å². The van der Waals surface area contributed by atoms with Gasteiger partial charge in [-0.05, 0) is 36.4 Å². The number of thiophene rings is 2. The van der Waals surface area contributed by atoms with E-state index in [0.29, 0.717) is 16.3 Å². The van der Waals surface area contributed by atoms with Crippen molar-refractivity contribution in [1.29, 1.82) is 0 Å². The van der Waals surface area contributed by atoms with Crippen LogP contribution in [0.3, 0.4) is 0 Å². The van der Waals surface area contributed by atoms with Crippen LogP contribution in [-0.2, 0) is 4.79 Å². The topological polar surface area (TPSA) is 57.7 Å². The number of amides is 2. The predicted octanol–water partition coefficient (Wildman–Crippen LogP) is 3.06. The maximum atomic E-state index is 12.6. The molecule has 3 rings (SSSR count). The van der Waals surface area contributed by atoms with E-state index in [0.717, 1.165) is 17.7 Å². The number of nitrogens with zero attached hydrogens (tertiary/aromatic N) is 2. The van der Waals surface area contributed by atoms with Crippen molar-refractivity contribution in [2.45, 2.75) is 18.9 Å². The molecule has 1 unspecified atom stereocenters. The minimum absolute atomic E-state index is 0.0446. The van der Waals surface area contributed by atoms with Gasteiger partial charge in [-0.2, -0.15) is 0 Å². The first kappa shape index (κ1) is 16.9. The first-order valence-electron chi connectivity index (χ1n) is 7.69. The summed E-state index contributed by atoms with van der Waals surface area (Å²) in [5.41, 5.74) is 0. The van der Waals surface area contributed by atoms with Gasteiger partial charge in [0.05, 0.1) is 15.8 Å². The number of carbonyl (C=O) groups excluding carboxylic acids is 3. The standard InChI is InChI=1S/C17H18N2O3S2/c1-18(2)16(21)14-8-7-12(24-14)11-5-3-9-19(11)17(22)15(20)13-6-4-10-23-13/h4,6-8,10-11H,3,5,9H2,1-2H3. The molecule has 0 aliphatic carbocycles. The molecule has 0 spiro atoms. The third-order valence-electron chi connectivity index (χ3n) is 4.03. The summed E-state index contributed by atoms with van der Waals surface area (Å²) in [4.78, 5) is 42.3. The second-order valence-electron chi connectivity index (χ2n) is 5.86. The summed E-state index contributed by atoms with van der Waals surface area (Å²) >= 11 is 2.68. The van der Waals surface area contributed by atoms with Gasteiger partial charge in [0.15, 0.2) is 0 Å². The lowest BCUT2D eigenvalue weighted by atomic mass is 10.1. The van der Waals surface area contributed by atoms with Gasteiger partial charge in [0.1, 0.15) is 0 Å². The van der Waals surface area contributed by atoms with Crippen LogP contribution in [0.15, 0.2) is 29.6 Å². The quantitative estimate of drug-likeness (QED) is 0.620. The molecule has 1 aliphatic rings. The maximum Gasteiger partial charge on any atom is 0.296 e. The molecule has 0 N–H and O–H groups in total. The van der Waals surface area contributed by atoms with Crippen LogP contribution < -0.4 is 0 Å². The van der Waals surface area contributed by atoms with Crippen LogP contribution in [0.5, 0.6) is 0 Å². The van der Waals surface area contributed by atoms with Gasteiger partial charge in [0, 0.05) is 25.5 Å². The smallest absolute Gasteiger partial charge is 0.296 e. The van der Waals surface area contributed by atoms with E-state index in [1.807, 2.05) is 6.07 Å². The number of hydrogen-bond acceptors (Lipinski definition) is 5. The Kier molecular flexibility index (Phi) is 4.82. The fourth-order valence-electron chi connectivity index (χ4n) is 2.82. The number of carbonyl (C=O) groups is 3. The molecule has 3 heterocycles. The average molecular weight is 362 g/mol. The van der Waals surface area contributed by atoms with Crippen molar-refractivity contribution >= 4 is 40.3 Å². The molecule has 2 amide bonds. The molecule has 1 aliphatic heterocycles. The third-order valence-corrected chi connectivity index (χ3v) is 6.07. The summed E-state index contributed by atoms with van der Waals surface area (Å²) < 4.78 is 0. The van der Waals surface area contributed by atoms with Gasteiger partial charge in [-0.15, -0.1) is 22.7 Å². The van der Waals surface area contributed by atoms with E-state index in [1.54, 1.807) is 42.6 Å². The van der Waals surface area contributed by atoms with Crippen molar-refractivity contribution in [3.05, 3.63) is 44.3 Å². The molecule has 0 saturated carbocycles. The molecule has 7 heteroatoms. The number of rotatable bonds is 4. The van der Waals surface area contributed by atoms with E-state index < -0.39 is 11.7 Å². The lowest BCUT2D eigenvalue weighted by Crippen LogP contribution is -2.35. The van der Waals surface area contributed by atoms with Crippen molar-refractivity contribution in [2.75, 3.05) is 20.6 Å². The zero-order chi connectivity index (χ0) is 17.3. The van der Waals surface area contributed by atoms with E-state index >= 15 is 0 Å². The average Bonchev–Trinajstić information content (AvgIpc) is 3.32. The van der Waals surface area contributed by atoms with Crippen molar-refractivity contribution in [3.63, 3.8) is 0 Å². The third kappa shape index (κ3) is 3.14. The number of hydrogen-bond donors (Lipinski definition) is 0. The summed E-state index contributed by atoms with van der Waals surface area (Å²) in [6, 6.07) is 7.02. The molecule has 24 heavy (non-hydrogen) atoms. The van der Waals surface area contributed by atoms with Crippen molar-refractivity contribution < 1.29 is 14.4 Å². The lowest BCUT2D eigenvalue weighted by Gasteiger charge is -2.22. The van der Waals surface area contributed by atoms with Crippen LogP contribution in [-0.4, -0.2) is 48.0 Å². The van der Waals surface area contributed by atoms with Gasteiger partial charge in [-0.1, -0.05) is 6.07 Å². The molecule has 5 nitrogen and oxygen atoms in total. The molecular weight excluding hydrogens is 344 g/mol. The Hall–Kier alpha value is -1.99. The first-order chi connectivity index (χ1) is 11.5. The highest BCUT2D eigenvalue weighted by atomic mass is 32.1. The Balaban J connectivity index is 1.80. The van der Waals surface area contributed by atoms with E-state index in [-0.39, 0.29) is 11.9 Å². The molecule has 2 aromatic rings. The summed E-state index contributed by atoms with van der Waals surface area (Å²) in [6.07, 6.45) is 1.68. The molecule has 0 bridgehead atoms. The highest BCUT2D eigenvalue weighted by Gasteiger charge is 2.35. The summed E-state index contributed by atoms with van der Waals surface area (Å²) in [6.45, 7) is 0.579. The molecule has 1 fully saturated rings. The summed E-state index contributed by atoms with van der Waals surface area (Å²) in [7, 11) is 3.43. The van der Waals surface area contributed by atoms with E-state index in [9.17, 15) is 14.4 Å². The van der Waals surface area contributed by atoms with Gasteiger partial charge in [0.25, 0.3) is 17.6 Å². The van der Waals surface area contributed by atoms with Crippen molar-refractivity contribution in [2.24, 2.45) is 0 Å². The fourth-order valence-corrected chi connectivity index (χ4v) is 4.65. The highest BCUT2D eigenvalue weighted by molar-refractivity contribution is 7.14. The second kappa shape index (κ2) is 6.86. The SMILES string of the molecule is CN(C)C(=O)c1ccc(C2CCCN2C(=O)C(=O)c2cccs2)s1. The molecule has 0 radical (unpaired) electrons. The molecule has 2 aromatic heterocycles. The van der Waals surface area contributed by atoms with Crippen molar-refractivity contribution in [3.8, 4) is 0 Å². The normalized spacial score (nSPS) is 17.1.